The Morgan fingerprint density at radius 1 is 1.10 bits per heavy atom. The third-order valence-electron chi connectivity index (χ3n) is 2.92. The number of benzene rings is 2. The quantitative estimate of drug-likeness (QED) is 0.832. The molecule has 0 radical (unpaired) electrons. The van der Waals surface area contributed by atoms with Gasteiger partial charge in [-0.1, -0.05) is 29.3 Å². The number of halogens is 1. The Hall–Kier alpha value is -1.67. The average molecular weight is 290 g/mol. The van der Waals surface area contributed by atoms with Crippen molar-refractivity contribution in [2.45, 2.75) is 33.4 Å². The molecule has 0 spiro atoms. The number of hydrogen-bond acceptors (Lipinski definition) is 2. The van der Waals surface area contributed by atoms with Gasteiger partial charge in [0.05, 0.1) is 6.10 Å². The number of hydrogen-bond donors (Lipinski definition) is 1. The van der Waals surface area contributed by atoms with E-state index in [0.29, 0.717) is 6.54 Å². The first kappa shape index (κ1) is 14.7. The number of ether oxygens (including phenoxy) is 1. The third-order valence-corrected chi connectivity index (χ3v) is 3.15. The van der Waals surface area contributed by atoms with Crippen LogP contribution < -0.4 is 10.1 Å². The lowest BCUT2D eigenvalue weighted by Gasteiger charge is -2.15. The first-order chi connectivity index (χ1) is 9.54. The molecule has 0 aliphatic carbocycles. The van der Waals surface area contributed by atoms with Gasteiger partial charge in [0.25, 0.3) is 0 Å². The molecule has 0 aliphatic heterocycles. The molecule has 0 bridgehead atoms. The molecule has 0 amide bonds. The summed E-state index contributed by atoms with van der Waals surface area (Å²) in [4.78, 5) is 0. The Bertz CT molecular complexity index is 564. The molecule has 2 rings (SSSR count). The fourth-order valence-electron chi connectivity index (χ4n) is 1.92. The van der Waals surface area contributed by atoms with Crippen molar-refractivity contribution in [1.29, 1.82) is 0 Å². The largest absolute Gasteiger partial charge is 0.491 e. The highest BCUT2D eigenvalue weighted by Gasteiger charge is 2.06. The fourth-order valence-corrected chi connectivity index (χ4v) is 2.12. The SMILES string of the molecule is Cc1ccc(NCc2cc(Cl)ccc2OC(C)C)cc1. The van der Waals surface area contributed by atoms with E-state index in [1.54, 1.807) is 0 Å². The zero-order valence-corrected chi connectivity index (χ0v) is 12.9. The van der Waals surface area contributed by atoms with E-state index in [0.717, 1.165) is 22.0 Å². The molecule has 106 valence electrons. The van der Waals surface area contributed by atoms with Gasteiger partial charge in [0.15, 0.2) is 0 Å². The van der Waals surface area contributed by atoms with Crippen LogP contribution in [-0.2, 0) is 6.54 Å². The summed E-state index contributed by atoms with van der Waals surface area (Å²) in [5.74, 6) is 0.879. The van der Waals surface area contributed by atoms with Crippen LogP contribution in [0.5, 0.6) is 5.75 Å². The zero-order valence-electron chi connectivity index (χ0n) is 12.1. The van der Waals surface area contributed by atoms with E-state index < -0.39 is 0 Å². The van der Waals surface area contributed by atoms with E-state index in [1.165, 1.54) is 5.56 Å². The molecule has 0 saturated carbocycles. The predicted octanol–water partition coefficient (Wildman–Crippen LogP) is 5.05. The van der Waals surface area contributed by atoms with Gasteiger partial charge in [-0.3, -0.25) is 0 Å². The molecule has 0 atom stereocenters. The van der Waals surface area contributed by atoms with Crippen molar-refractivity contribution >= 4 is 17.3 Å². The first-order valence-corrected chi connectivity index (χ1v) is 7.18. The lowest BCUT2D eigenvalue weighted by Crippen LogP contribution is -2.09. The van der Waals surface area contributed by atoms with Crippen LogP contribution in [0.3, 0.4) is 0 Å². The molecule has 0 saturated heterocycles. The van der Waals surface area contributed by atoms with Crippen molar-refractivity contribution in [3.8, 4) is 5.75 Å². The van der Waals surface area contributed by atoms with E-state index in [1.807, 2.05) is 32.0 Å². The van der Waals surface area contributed by atoms with Crippen molar-refractivity contribution in [1.82, 2.24) is 0 Å². The maximum absolute atomic E-state index is 6.07. The second-order valence-corrected chi connectivity index (χ2v) is 5.57. The van der Waals surface area contributed by atoms with Gasteiger partial charge in [0.2, 0.25) is 0 Å². The van der Waals surface area contributed by atoms with Gasteiger partial charge >= 0.3 is 0 Å². The topological polar surface area (TPSA) is 21.3 Å². The van der Waals surface area contributed by atoms with Gasteiger partial charge < -0.3 is 10.1 Å². The van der Waals surface area contributed by atoms with Gasteiger partial charge in [-0.05, 0) is 51.1 Å². The molecule has 2 aromatic carbocycles. The normalized spacial score (nSPS) is 10.7. The Morgan fingerprint density at radius 2 is 1.80 bits per heavy atom. The van der Waals surface area contributed by atoms with E-state index in [9.17, 15) is 0 Å². The van der Waals surface area contributed by atoms with Gasteiger partial charge in [-0.15, -0.1) is 0 Å². The summed E-state index contributed by atoms with van der Waals surface area (Å²) >= 11 is 6.07. The summed E-state index contributed by atoms with van der Waals surface area (Å²) < 4.78 is 5.81. The smallest absolute Gasteiger partial charge is 0.124 e. The average Bonchev–Trinajstić information content (AvgIpc) is 2.40. The van der Waals surface area contributed by atoms with E-state index in [-0.39, 0.29) is 6.10 Å². The number of aryl methyl sites for hydroxylation is 1. The summed E-state index contributed by atoms with van der Waals surface area (Å²) in [5, 5.41) is 4.11. The Balaban J connectivity index is 2.11. The highest BCUT2D eigenvalue weighted by atomic mass is 35.5. The molecule has 2 nitrogen and oxygen atoms in total. The monoisotopic (exact) mass is 289 g/mol. The highest BCUT2D eigenvalue weighted by Crippen LogP contribution is 2.25. The highest BCUT2D eigenvalue weighted by molar-refractivity contribution is 6.30. The zero-order chi connectivity index (χ0) is 14.5. The van der Waals surface area contributed by atoms with E-state index >= 15 is 0 Å². The number of nitrogens with one attached hydrogen (secondary N) is 1. The number of rotatable bonds is 5. The minimum atomic E-state index is 0.148. The van der Waals surface area contributed by atoms with Crippen molar-refractivity contribution < 1.29 is 4.74 Å². The maximum Gasteiger partial charge on any atom is 0.124 e. The van der Waals surface area contributed by atoms with Gasteiger partial charge in [0, 0.05) is 22.8 Å². The van der Waals surface area contributed by atoms with Gasteiger partial charge in [-0.25, -0.2) is 0 Å². The van der Waals surface area contributed by atoms with Crippen LogP contribution in [-0.4, -0.2) is 6.10 Å². The van der Waals surface area contributed by atoms with Crippen LogP contribution in [0.4, 0.5) is 5.69 Å². The Labute approximate surface area is 125 Å². The summed E-state index contributed by atoms with van der Waals surface area (Å²) in [7, 11) is 0. The number of anilines is 1. The van der Waals surface area contributed by atoms with Crippen LogP contribution in [0.1, 0.15) is 25.0 Å². The minimum absolute atomic E-state index is 0.148. The summed E-state index contributed by atoms with van der Waals surface area (Å²) in [5.41, 5.74) is 3.40. The molecule has 0 unspecified atom stereocenters. The molecule has 0 fully saturated rings. The maximum atomic E-state index is 6.07. The molecule has 3 heteroatoms. The summed E-state index contributed by atoms with van der Waals surface area (Å²) in [6.45, 7) is 6.80. The fraction of sp³-hybridized carbons (Fsp3) is 0.294. The van der Waals surface area contributed by atoms with Crippen molar-refractivity contribution in [2.24, 2.45) is 0 Å². The summed E-state index contributed by atoms with van der Waals surface area (Å²) in [6, 6.07) is 14.0. The summed E-state index contributed by atoms with van der Waals surface area (Å²) in [6.07, 6.45) is 0.148. The van der Waals surface area contributed by atoms with E-state index in [2.05, 4.69) is 36.5 Å². The Kier molecular flexibility index (Phi) is 4.91. The lowest BCUT2D eigenvalue weighted by molar-refractivity contribution is 0.240. The standard InChI is InChI=1S/C17H20ClNO/c1-12(2)20-17-9-6-15(18)10-14(17)11-19-16-7-4-13(3)5-8-16/h4-10,12,19H,11H2,1-3H3. The molecule has 2 aromatic rings. The third kappa shape index (κ3) is 4.17. The predicted molar refractivity (Wildman–Crippen MR) is 85.7 cm³/mol. The molecule has 0 aliphatic rings. The molecular weight excluding hydrogens is 270 g/mol. The Morgan fingerprint density at radius 3 is 2.45 bits per heavy atom. The van der Waals surface area contributed by atoms with Crippen molar-refractivity contribution in [2.75, 3.05) is 5.32 Å². The van der Waals surface area contributed by atoms with Gasteiger partial charge in [0.1, 0.15) is 5.75 Å². The van der Waals surface area contributed by atoms with Crippen LogP contribution >= 0.6 is 11.6 Å². The second kappa shape index (κ2) is 6.67. The molecule has 1 N–H and O–H groups in total. The van der Waals surface area contributed by atoms with E-state index in [4.69, 9.17) is 16.3 Å². The second-order valence-electron chi connectivity index (χ2n) is 5.14. The van der Waals surface area contributed by atoms with Crippen LogP contribution in [0.25, 0.3) is 0 Å². The lowest BCUT2D eigenvalue weighted by atomic mass is 10.2. The minimum Gasteiger partial charge on any atom is -0.491 e. The molecular formula is C17H20ClNO. The van der Waals surface area contributed by atoms with Crippen molar-refractivity contribution in [3.63, 3.8) is 0 Å². The van der Waals surface area contributed by atoms with Gasteiger partial charge in [-0.2, -0.15) is 0 Å². The molecule has 20 heavy (non-hydrogen) atoms. The van der Waals surface area contributed by atoms with Crippen molar-refractivity contribution in [3.05, 3.63) is 58.6 Å². The van der Waals surface area contributed by atoms with Crippen LogP contribution in [0, 0.1) is 6.92 Å². The molecule has 0 aromatic heterocycles. The van der Waals surface area contributed by atoms with Crippen LogP contribution in [0.2, 0.25) is 5.02 Å². The molecule has 0 heterocycles. The van der Waals surface area contributed by atoms with Crippen LogP contribution in [0.15, 0.2) is 42.5 Å². The first-order valence-electron chi connectivity index (χ1n) is 6.80.